The molecule has 2 aromatic rings. The second-order valence-corrected chi connectivity index (χ2v) is 4.47. The fourth-order valence-electron chi connectivity index (χ4n) is 1.89. The first-order valence-corrected chi connectivity index (χ1v) is 6.26. The summed E-state index contributed by atoms with van der Waals surface area (Å²) in [6.07, 6.45) is -0.158. The monoisotopic (exact) mass is 260 g/mol. The Bertz CT molecular complexity index is 532. The maximum atomic E-state index is 5.56. The lowest BCUT2D eigenvalue weighted by Crippen LogP contribution is -2.22. The molecule has 0 radical (unpaired) electrons. The van der Waals surface area contributed by atoms with E-state index in [1.165, 1.54) is 5.56 Å². The number of anilines is 2. The highest BCUT2D eigenvalue weighted by atomic mass is 16.6. The molecule has 1 aromatic carbocycles. The molecule has 1 aliphatic rings. The Labute approximate surface area is 111 Å². The van der Waals surface area contributed by atoms with Crippen LogP contribution in [0, 0.1) is 6.92 Å². The van der Waals surface area contributed by atoms with Crippen LogP contribution in [-0.4, -0.2) is 35.0 Å². The summed E-state index contributed by atoms with van der Waals surface area (Å²) in [5.74, 6) is 1.22. The Kier molecular flexibility index (Phi) is 3.43. The quantitative estimate of drug-likeness (QED) is 0.882. The van der Waals surface area contributed by atoms with Crippen molar-refractivity contribution in [1.29, 1.82) is 0 Å². The molecule has 0 amide bonds. The highest BCUT2D eigenvalue weighted by Gasteiger charge is 2.20. The van der Waals surface area contributed by atoms with Gasteiger partial charge in [-0.3, -0.25) is 5.10 Å². The lowest BCUT2D eigenvalue weighted by Gasteiger charge is -2.20. The van der Waals surface area contributed by atoms with Crippen LogP contribution in [0.4, 0.5) is 11.6 Å². The van der Waals surface area contributed by atoms with Crippen LogP contribution >= 0.6 is 0 Å². The lowest BCUT2D eigenvalue weighted by atomic mass is 10.2. The Hall–Kier alpha value is -1.92. The minimum atomic E-state index is -0.158. The number of rotatable bonds is 3. The van der Waals surface area contributed by atoms with Gasteiger partial charge < -0.3 is 14.8 Å². The standard InChI is InChI=1S/C13H16N4O2/c1-9-2-4-10(5-3-9)14-13-15-12(16-17-13)11-8-18-6-7-19-11/h2-5,11H,6-8H2,1H3,(H2,14,15,16,17). The first kappa shape index (κ1) is 12.1. The van der Waals surface area contributed by atoms with Crippen molar-refractivity contribution in [2.24, 2.45) is 0 Å². The maximum Gasteiger partial charge on any atom is 0.246 e. The number of hydrogen-bond donors (Lipinski definition) is 2. The van der Waals surface area contributed by atoms with Crippen molar-refractivity contribution in [3.8, 4) is 0 Å². The lowest BCUT2D eigenvalue weighted by molar-refractivity contribution is -0.0933. The van der Waals surface area contributed by atoms with Gasteiger partial charge in [0, 0.05) is 5.69 Å². The van der Waals surface area contributed by atoms with Crippen molar-refractivity contribution < 1.29 is 9.47 Å². The van der Waals surface area contributed by atoms with Crippen molar-refractivity contribution in [1.82, 2.24) is 15.2 Å². The Morgan fingerprint density at radius 3 is 2.84 bits per heavy atom. The van der Waals surface area contributed by atoms with E-state index in [4.69, 9.17) is 9.47 Å². The summed E-state index contributed by atoms with van der Waals surface area (Å²) in [5, 5.41) is 10.1. The predicted molar refractivity (Wildman–Crippen MR) is 70.4 cm³/mol. The molecule has 0 saturated carbocycles. The summed E-state index contributed by atoms with van der Waals surface area (Å²) in [4.78, 5) is 4.37. The molecule has 2 N–H and O–H groups in total. The molecule has 3 rings (SSSR count). The van der Waals surface area contributed by atoms with Gasteiger partial charge in [-0.25, -0.2) is 0 Å². The number of H-pyrrole nitrogens is 1. The average Bonchev–Trinajstić information content (AvgIpc) is 2.91. The second kappa shape index (κ2) is 5.38. The average molecular weight is 260 g/mol. The number of hydrogen-bond acceptors (Lipinski definition) is 5. The van der Waals surface area contributed by atoms with Gasteiger partial charge in [0.25, 0.3) is 0 Å². The van der Waals surface area contributed by atoms with E-state index in [1.54, 1.807) is 0 Å². The van der Waals surface area contributed by atoms with E-state index in [0.717, 1.165) is 5.69 Å². The highest BCUT2D eigenvalue weighted by Crippen LogP contribution is 2.19. The number of aryl methyl sites for hydroxylation is 1. The third-order valence-corrected chi connectivity index (χ3v) is 2.93. The molecule has 6 heteroatoms. The molecule has 2 heterocycles. The molecular weight excluding hydrogens is 244 g/mol. The zero-order valence-electron chi connectivity index (χ0n) is 10.7. The fourth-order valence-corrected chi connectivity index (χ4v) is 1.89. The molecule has 1 atom stereocenters. The minimum absolute atomic E-state index is 0.158. The van der Waals surface area contributed by atoms with Crippen LogP contribution < -0.4 is 5.32 Å². The molecule has 6 nitrogen and oxygen atoms in total. The van der Waals surface area contributed by atoms with Gasteiger partial charge in [0.1, 0.15) is 6.10 Å². The molecule has 100 valence electrons. The molecular formula is C13H16N4O2. The summed E-state index contributed by atoms with van der Waals surface area (Å²) >= 11 is 0. The first-order chi connectivity index (χ1) is 9.31. The van der Waals surface area contributed by atoms with Gasteiger partial charge in [-0.1, -0.05) is 17.7 Å². The van der Waals surface area contributed by atoms with E-state index < -0.39 is 0 Å². The first-order valence-electron chi connectivity index (χ1n) is 6.26. The Balaban J connectivity index is 1.68. The summed E-state index contributed by atoms with van der Waals surface area (Å²) in [5.41, 5.74) is 2.17. The topological polar surface area (TPSA) is 72.1 Å². The number of benzene rings is 1. The Morgan fingerprint density at radius 1 is 1.26 bits per heavy atom. The maximum absolute atomic E-state index is 5.56. The van der Waals surface area contributed by atoms with Gasteiger partial charge >= 0.3 is 0 Å². The number of aromatic amines is 1. The third kappa shape index (κ3) is 2.91. The van der Waals surface area contributed by atoms with Crippen molar-refractivity contribution in [3.63, 3.8) is 0 Å². The summed E-state index contributed by atoms with van der Waals surface area (Å²) in [6, 6.07) is 8.05. The predicted octanol–water partition coefficient (Wildman–Crippen LogP) is 1.94. The largest absolute Gasteiger partial charge is 0.376 e. The highest BCUT2D eigenvalue weighted by molar-refractivity contribution is 5.53. The number of nitrogens with one attached hydrogen (secondary N) is 2. The number of aromatic nitrogens is 3. The van der Waals surface area contributed by atoms with E-state index in [0.29, 0.717) is 31.6 Å². The van der Waals surface area contributed by atoms with Crippen LogP contribution in [0.3, 0.4) is 0 Å². The van der Waals surface area contributed by atoms with E-state index in [-0.39, 0.29) is 6.10 Å². The van der Waals surface area contributed by atoms with E-state index >= 15 is 0 Å². The molecule has 19 heavy (non-hydrogen) atoms. The molecule has 0 spiro atoms. The van der Waals surface area contributed by atoms with Gasteiger partial charge in [0.05, 0.1) is 19.8 Å². The summed E-state index contributed by atoms with van der Waals surface area (Å²) < 4.78 is 10.9. The summed E-state index contributed by atoms with van der Waals surface area (Å²) in [7, 11) is 0. The van der Waals surface area contributed by atoms with E-state index in [2.05, 4.69) is 27.4 Å². The molecule has 1 fully saturated rings. The zero-order valence-corrected chi connectivity index (χ0v) is 10.7. The molecule has 1 aliphatic heterocycles. The van der Waals surface area contributed by atoms with Crippen LogP contribution in [-0.2, 0) is 9.47 Å². The normalized spacial score (nSPS) is 19.3. The van der Waals surface area contributed by atoms with E-state index in [9.17, 15) is 0 Å². The third-order valence-electron chi connectivity index (χ3n) is 2.93. The van der Waals surface area contributed by atoms with Crippen molar-refractivity contribution >= 4 is 11.6 Å². The van der Waals surface area contributed by atoms with Gasteiger partial charge in [-0.05, 0) is 19.1 Å². The van der Waals surface area contributed by atoms with Crippen LogP contribution in [0.2, 0.25) is 0 Å². The smallest absolute Gasteiger partial charge is 0.246 e. The second-order valence-electron chi connectivity index (χ2n) is 4.47. The van der Waals surface area contributed by atoms with Gasteiger partial charge in [-0.2, -0.15) is 4.98 Å². The molecule has 1 aromatic heterocycles. The van der Waals surface area contributed by atoms with Gasteiger partial charge in [0.2, 0.25) is 5.95 Å². The molecule has 1 unspecified atom stereocenters. The van der Waals surface area contributed by atoms with Crippen molar-refractivity contribution in [2.45, 2.75) is 13.0 Å². The van der Waals surface area contributed by atoms with Crippen LogP contribution in [0.25, 0.3) is 0 Å². The fraction of sp³-hybridized carbons (Fsp3) is 0.385. The van der Waals surface area contributed by atoms with Gasteiger partial charge in [-0.15, -0.1) is 5.10 Å². The van der Waals surface area contributed by atoms with E-state index in [1.807, 2.05) is 24.3 Å². The number of nitrogens with zero attached hydrogens (tertiary/aromatic N) is 2. The van der Waals surface area contributed by atoms with Crippen LogP contribution in [0.1, 0.15) is 17.5 Å². The SMILES string of the molecule is Cc1ccc(Nc2n[nH]c(C3COCCO3)n2)cc1. The van der Waals surface area contributed by atoms with Crippen molar-refractivity contribution in [2.75, 3.05) is 25.1 Å². The molecule has 1 saturated heterocycles. The van der Waals surface area contributed by atoms with Gasteiger partial charge in [0.15, 0.2) is 5.82 Å². The Morgan fingerprint density at radius 2 is 2.11 bits per heavy atom. The summed E-state index contributed by atoms with van der Waals surface area (Å²) in [6.45, 7) is 3.79. The van der Waals surface area contributed by atoms with Crippen LogP contribution in [0.15, 0.2) is 24.3 Å². The minimum Gasteiger partial charge on any atom is -0.376 e. The van der Waals surface area contributed by atoms with Crippen molar-refractivity contribution in [3.05, 3.63) is 35.7 Å². The van der Waals surface area contributed by atoms with Crippen LogP contribution in [0.5, 0.6) is 0 Å². The number of ether oxygens (including phenoxy) is 2. The molecule has 0 bridgehead atoms. The molecule has 0 aliphatic carbocycles. The zero-order chi connectivity index (χ0) is 13.1.